The molecule has 208 valence electrons. The second-order valence-electron chi connectivity index (χ2n) is 9.74. The second-order valence-corrected chi connectivity index (χ2v) is 10.1. The summed E-state index contributed by atoms with van der Waals surface area (Å²) in [6, 6.07) is 14.1. The van der Waals surface area contributed by atoms with Crippen LogP contribution in [0.1, 0.15) is 57.3 Å². The summed E-state index contributed by atoms with van der Waals surface area (Å²) < 4.78 is 53.7. The summed E-state index contributed by atoms with van der Waals surface area (Å²) in [4.78, 5) is 16.3. The van der Waals surface area contributed by atoms with E-state index in [1.165, 1.54) is 36.2 Å². The molecule has 1 saturated carbocycles. The molecule has 1 N–H and O–H groups in total. The van der Waals surface area contributed by atoms with Crippen LogP contribution < -0.4 is 9.64 Å². The van der Waals surface area contributed by atoms with E-state index in [4.69, 9.17) is 26.0 Å². The highest BCUT2D eigenvalue weighted by atomic mass is 35.5. The Kier molecular flexibility index (Phi) is 7.46. The Labute approximate surface area is 233 Å². The first-order valence-corrected chi connectivity index (χ1v) is 12.9. The first-order valence-electron chi connectivity index (χ1n) is 12.5. The van der Waals surface area contributed by atoms with E-state index in [1.54, 1.807) is 18.2 Å². The topological polar surface area (TPSA) is 88.7 Å². The standard InChI is InChI=1S/C29H25ClF3N3O4/c1-16-4-3-5-21(30)24(16)25-20(26(40-35-25)18-10-11-18)15-39-23-13-12-22(27(34-23)29(31,32)33)36(2)14-17-6-8-19(9-7-17)28(37)38/h3-9,12-13,18H,10-11,14-15H2,1-2H3,(H,37,38). The Morgan fingerprint density at radius 2 is 1.88 bits per heavy atom. The summed E-state index contributed by atoms with van der Waals surface area (Å²) in [5.74, 6) is -0.443. The number of anilines is 1. The summed E-state index contributed by atoms with van der Waals surface area (Å²) >= 11 is 6.46. The number of pyridine rings is 1. The van der Waals surface area contributed by atoms with Crippen molar-refractivity contribution in [3.63, 3.8) is 0 Å². The molecule has 1 aliphatic rings. The number of hydrogen-bond donors (Lipinski definition) is 1. The minimum Gasteiger partial charge on any atom is -0.478 e. The molecular formula is C29H25ClF3N3O4. The Hall–Kier alpha value is -4.05. The van der Waals surface area contributed by atoms with E-state index in [2.05, 4.69) is 10.1 Å². The van der Waals surface area contributed by atoms with Crippen LogP contribution in [0.15, 0.2) is 59.1 Å². The van der Waals surface area contributed by atoms with Gasteiger partial charge in [0.05, 0.1) is 21.8 Å². The van der Waals surface area contributed by atoms with Gasteiger partial charge in [0.15, 0.2) is 5.69 Å². The predicted octanol–water partition coefficient (Wildman–Crippen LogP) is 7.51. The van der Waals surface area contributed by atoms with E-state index in [-0.39, 0.29) is 36.2 Å². The van der Waals surface area contributed by atoms with Gasteiger partial charge in [-0.25, -0.2) is 9.78 Å². The fourth-order valence-electron chi connectivity index (χ4n) is 4.54. The minimum atomic E-state index is -4.74. The summed E-state index contributed by atoms with van der Waals surface area (Å²) in [5, 5.41) is 13.8. The number of hydrogen-bond acceptors (Lipinski definition) is 6. The van der Waals surface area contributed by atoms with Crippen LogP contribution in [0.5, 0.6) is 5.88 Å². The molecule has 0 unspecified atom stereocenters. The van der Waals surface area contributed by atoms with Gasteiger partial charge in [0.2, 0.25) is 5.88 Å². The van der Waals surface area contributed by atoms with Crippen LogP contribution in [0.4, 0.5) is 18.9 Å². The molecule has 0 bridgehead atoms. The SMILES string of the molecule is Cc1cccc(Cl)c1-c1noc(C2CC2)c1COc1ccc(N(C)Cc2ccc(C(=O)O)cc2)c(C(F)(F)F)n1. The lowest BCUT2D eigenvalue weighted by atomic mass is 10.0. The number of carboxylic acids is 1. The molecule has 7 nitrogen and oxygen atoms in total. The summed E-state index contributed by atoms with van der Waals surface area (Å²) in [6.45, 7) is 1.91. The van der Waals surface area contributed by atoms with Gasteiger partial charge in [-0.2, -0.15) is 13.2 Å². The highest BCUT2D eigenvalue weighted by Gasteiger charge is 2.38. The van der Waals surface area contributed by atoms with Gasteiger partial charge in [0.25, 0.3) is 0 Å². The number of carbonyl (C=O) groups is 1. The van der Waals surface area contributed by atoms with E-state index in [1.807, 2.05) is 19.1 Å². The van der Waals surface area contributed by atoms with Gasteiger partial charge in [0, 0.05) is 31.1 Å². The monoisotopic (exact) mass is 571 g/mol. The number of rotatable bonds is 9. The first kappa shape index (κ1) is 27.5. The molecule has 1 fully saturated rings. The van der Waals surface area contributed by atoms with E-state index in [0.717, 1.165) is 18.4 Å². The van der Waals surface area contributed by atoms with Crippen molar-refractivity contribution in [2.24, 2.45) is 0 Å². The Balaban J connectivity index is 1.41. The van der Waals surface area contributed by atoms with Crippen LogP contribution in [0.2, 0.25) is 5.02 Å². The summed E-state index contributed by atoms with van der Waals surface area (Å²) in [6.07, 6.45) is -2.88. The molecule has 0 radical (unpaired) electrons. The van der Waals surface area contributed by atoms with Crippen molar-refractivity contribution in [3.8, 4) is 17.1 Å². The third-order valence-electron chi connectivity index (χ3n) is 6.74. The number of carboxylic acid groups (broad SMARTS) is 1. The maximum atomic E-state index is 14.1. The van der Waals surface area contributed by atoms with Crippen LogP contribution >= 0.6 is 11.6 Å². The summed E-state index contributed by atoms with van der Waals surface area (Å²) in [5.41, 5.74) is 2.22. The maximum absolute atomic E-state index is 14.1. The Morgan fingerprint density at radius 1 is 1.15 bits per heavy atom. The normalized spacial score (nSPS) is 13.3. The number of aromatic carboxylic acids is 1. The molecular weight excluding hydrogens is 547 g/mol. The third-order valence-corrected chi connectivity index (χ3v) is 7.05. The molecule has 0 spiro atoms. The lowest BCUT2D eigenvalue weighted by molar-refractivity contribution is -0.140. The van der Waals surface area contributed by atoms with Crippen molar-refractivity contribution in [1.82, 2.24) is 10.1 Å². The number of nitrogens with zero attached hydrogens (tertiary/aromatic N) is 3. The van der Waals surface area contributed by atoms with E-state index in [0.29, 0.717) is 33.2 Å². The molecule has 2 aromatic heterocycles. The lowest BCUT2D eigenvalue weighted by Gasteiger charge is -2.23. The van der Waals surface area contributed by atoms with Crippen LogP contribution in [-0.4, -0.2) is 28.3 Å². The smallest absolute Gasteiger partial charge is 0.435 e. The molecule has 0 amide bonds. The van der Waals surface area contributed by atoms with Gasteiger partial charge in [-0.05, 0) is 55.2 Å². The van der Waals surface area contributed by atoms with Crippen molar-refractivity contribution < 1.29 is 32.3 Å². The van der Waals surface area contributed by atoms with Crippen molar-refractivity contribution in [2.45, 2.75) is 45.0 Å². The average Bonchev–Trinajstić information content (AvgIpc) is 3.67. The number of halogens is 4. The predicted molar refractivity (Wildman–Crippen MR) is 143 cm³/mol. The van der Waals surface area contributed by atoms with Crippen LogP contribution in [0.25, 0.3) is 11.3 Å². The quantitative estimate of drug-likeness (QED) is 0.222. The maximum Gasteiger partial charge on any atom is 0.435 e. The number of benzene rings is 2. The Morgan fingerprint density at radius 3 is 2.50 bits per heavy atom. The number of ether oxygens (including phenoxy) is 1. The summed E-state index contributed by atoms with van der Waals surface area (Å²) in [7, 11) is 1.51. The van der Waals surface area contributed by atoms with Gasteiger partial charge in [0.1, 0.15) is 18.1 Å². The number of aromatic nitrogens is 2. The van der Waals surface area contributed by atoms with Gasteiger partial charge in [-0.15, -0.1) is 0 Å². The van der Waals surface area contributed by atoms with E-state index in [9.17, 15) is 18.0 Å². The largest absolute Gasteiger partial charge is 0.478 e. The third kappa shape index (κ3) is 5.77. The van der Waals surface area contributed by atoms with Crippen molar-refractivity contribution in [3.05, 3.63) is 93.3 Å². The molecule has 2 aromatic carbocycles. The molecule has 5 rings (SSSR count). The fraction of sp³-hybridized carbons (Fsp3) is 0.276. The van der Waals surface area contributed by atoms with Crippen molar-refractivity contribution in [1.29, 1.82) is 0 Å². The van der Waals surface area contributed by atoms with Gasteiger partial charge in [-0.1, -0.05) is 41.0 Å². The van der Waals surface area contributed by atoms with Crippen molar-refractivity contribution >= 4 is 23.3 Å². The van der Waals surface area contributed by atoms with E-state index >= 15 is 0 Å². The zero-order valence-corrected chi connectivity index (χ0v) is 22.4. The molecule has 4 aromatic rings. The second kappa shape index (κ2) is 10.8. The molecule has 1 aliphatic carbocycles. The van der Waals surface area contributed by atoms with E-state index < -0.39 is 17.8 Å². The zero-order chi connectivity index (χ0) is 28.6. The van der Waals surface area contributed by atoms with Gasteiger partial charge in [-0.3, -0.25) is 0 Å². The van der Waals surface area contributed by atoms with Gasteiger partial charge >= 0.3 is 12.1 Å². The van der Waals surface area contributed by atoms with Crippen molar-refractivity contribution in [2.75, 3.05) is 11.9 Å². The fourth-order valence-corrected chi connectivity index (χ4v) is 4.86. The molecule has 2 heterocycles. The zero-order valence-electron chi connectivity index (χ0n) is 21.6. The molecule has 0 atom stereocenters. The molecule has 0 saturated heterocycles. The van der Waals surface area contributed by atoms with Crippen LogP contribution in [-0.2, 0) is 19.3 Å². The molecule has 0 aliphatic heterocycles. The number of aryl methyl sites for hydroxylation is 1. The Bertz CT molecular complexity index is 1530. The lowest BCUT2D eigenvalue weighted by Crippen LogP contribution is -2.22. The average molecular weight is 572 g/mol. The van der Waals surface area contributed by atoms with Crippen LogP contribution in [0, 0.1) is 6.92 Å². The van der Waals surface area contributed by atoms with Gasteiger partial charge < -0.3 is 19.3 Å². The molecule has 11 heteroatoms. The molecule has 40 heavy (non-hydrogen) atoms. The van der Waals surface area contributed by atoms with Crippen LogP contribution in [0.3, 0.4) is 0 Å². The number of alkyl halides is 3. The first-order chi connectivity index (χ1) is 19.0. The highest BCUT2D eigenvalue weighted by molar-refractivity contribution is 6.33. The highest BCUT2D eigenvalue weighted by Crippen LogP contribution is 2.45. The minimum absolute atomic E-state index is 0.0925.